The summed E-state index contributed by atoms with van der Waals surface area (Å²) in [5.41, 5.74) is 0. The van der Waals surface area contributed by atoms with Crippen molar-refractivity contribution in [2.45, 2.75) is 34.6 Å². The van der Waals surface area contributed by atoms with Gasteiger partial charge in [0.25, 0.3) is 0 Å². The quantitative estimate of drug-likeness (QED) is 0.468. The molecule has 18 heavy (non-hydrogen) atoms. The van der Waals surface area contributed by atoms with Gasteiger partial charge in [-0.15, -0.1) is 0 Å². The van der Waals surface area contributed by atoms with Gasteiger partial charge >= 0.3 is 0 Å². The van der Waals surface area contributed by atoms with Crippen molar-refractivity contribution in [1.29, 1.82) is 0 Å². The van der Waals surface area contributed by atoms with Gasteiger partial charge in [0.2, 0.25) is 0 Å². The summed E-state index contributed by atoms with van der Waals surface area (Å²) in [5, 5.41) is 5.57. The fourth-order valence-electron chi connectivity index (χ4n) is 1.32. The van der Waals surface area contributed by atoms with E-state index in [1.54, 1.807) is 23.6 Å². The van der Waals surface area contributed by atoms with E-state index in [4.69, 9.17) is 0 Å². The van der Waals surface area contributed by atoms with Crippen molar-refractivity contribution in [3.8, 4) is 0 Å². The van der Waals surface area contributed by atoms with Gasteiger partial charge in [-0.1, -0.05) is 27.7 Å². The maximum absolute atomic E-state index is 4.41. The first-order valence-electron chi connectivity index (χ1n) is 6.27. The van der Waals surface area contributed by atoms with Gasteiger partial charge < -0.3 is 0 Å². The van der Waals surface area contributed by atoms with E-state index >= 15 is 0 Å². The van der Waals surface area contributed by atoms with Crippen LogP contribution in [0.5, 0.6) is 0 Å². The number of hydrogen-bond acceptors (Lipinski definition) is 4. The van der Waals surface area contributed by atoms with Crippen molar-refractivity contribution < 1.29 is 0 Å². The van der Waals surface area contributed by atoms with E-state index in [0.29, 0.717) is 12.4 Å². The van der Waals surface area contributed by atoms with Crippen LogP contribution >= 0.6 is 0 Å². The smallest absolute Gasteiger partial charge is 0.173 e. The third kappa shape index (κ3) is 4.61. The van der Waals surface area contributed by atoms with E-state index < -0.39 is 0 Å². The molecule has 0 aliphatic rings. The van der Waals surface area contributed by atoms with Crippen LogP contribution in [0.3, 0.4) is 0 Å². The molecule has 0 saturated carbocycles. The second-order valence-electron chi connectivity index (χ2n) is 3.50. The molecule has 0 saturated heterocycles. The number of rotatable bonds is 4. The first-order chi connectivity index (χ1) is 8.70. The van der Waals surface area contributed by atoms with Gasteiger partial charge in [-0.3, -0.25) is 9.98 Å². The van der Waals surface area contributed by atoms with Crippen LogP contribution in [0.15, 0.2) is 28.7 Å². The van der Waals surface area contributed by atoms with Crippen LogP contribution in [0.1, 0.15) is 34.6 Å². The van der Waals surface area contributed by atoms with E-state index in [0.717, 1.165) is 5.84 Å². The number of hydrazone groups is 1. The van der Waals surface area contributed by atoms with E-state index in [1.807, 2.05) is 20.8 Å². The number of hydrogen-bond donors (Lipinski definition) is 0. The lowest BCUT2D eigenvalue weighted by Crippen LogP contribution is -2.30. The van der Waals surface area contributed by atoms with Crippen LogP contribution in [0.2, 0.25) is 0 Å². The molecule has 0 atom stereocenters. The van der Waals surface area contributed by atoms with Crippen molar-refractivity contribution in [2.24, 2.45) is 16.0 Å². The Kier molecular flexibility index (Phi) is 8.35. The molecule has 0 radical (unpaired) electrons. The van der Waals surface area contributed by atoms with Crippen LogP contribution in [-0.4, -0.2) is 29.1 Å². The van der Waals surface area contributed by atoms with Crippen molar-refractivity contribution in [1.82, 2.24) is 9.97 Å². The first kappa shape index (κ1) is 16.2. The summed E-state index contributed by atoms with van der Waals surface area (Å²) in [7, 11) is 0. The van der Waals surface area contributed by atoms with Gasteiger partial charge in [0.1, 0.15) is 5.84 Å². The predicted octanol–water partition coefficient (Wildman–Crippen LogP) is 3.00. The molecule has 1 aromatic heterocycles. The topological polar surface area (TPSA) is 53.7 Å². The number of aliphatic imine (C=N–C) groups is 1. The van der Waals surface area contributed by atoms with E-state index in [2.05, 4.69) is 40.6 Å². The summed E-state index contributed by atoms with van der Waals surface area (Å²) >= 11 is 0. The van der Waals surface area contributed by atoms with Crippen molar-refractivity contribution in [3.05, 3.63) is 18.6 Å². The number of nitrogens with zero attached hydrogens (tertiary/aromatic N) is 5. The Morgan fingerprint density at radius 2 is 2.06 bits per heavy atom. The summed E-state index contributed by atoms with van der Waals surface area (Å²) in [5.74, 6) is 1.74. The fraction of sp³-hybridized carbons (Fsp3) is 0.538. The Morgan fingerprint density at radius 3 is 2.44 bits per heavy atom. The molecule has 5 heteroatoms. The summed E-state index contributed by atoms with van der Waals surface area (Å²) < 4.78 is 0. The van der Waals surface area contributed by atoms with Crippen molar-refractivity contribution >= 4 is 18.4 Å². The molecule has 1 heterocycles. The maximum atomic E-state index is 4.41. The molecule has 1 aromatic rings. The van der Waals surface area contributed by atoms with Gasteiger partial charge in [-0.2, -0.15) is 5.10 Å². The molecular formula is C13H23N5. The van der Waals surface area contributed by atoms with Crippen LogP contribution in [0, 0.1) is 5.92 Å². The lowest BCUT2D eigenvalue weighted by molar-refractivity contribution is 0.829. The lowest BCUT2D eigenvalue weighted by atomic mass is 10.2. The average molecular weight is 249 g/mol. The Hall–Kier alpha value is -1.78. The first-order valence-corrected chi connectivity index (χ1v) is 6.27. The highest BCUT2D eigenvalue weighted by Gasteiger charge is 2.16. The second-order valence-corrected chi connectivity index (χ2v) is 3.50. The third-order valence-electron chi connectivity index (χ3n) is 1.96. The number of anilines is 1. The molecule has 0 aromatic carbocycles. The molecule has 0 aliphatic heterocycles. The normalized spacial score (nSPS) is 10.7. The van der Waals surface area contributed by atoms with E-state index in [1.165, 1.54) is 0 Å². The molecular weight excluding hydrogens is 226 g/mol. The van der Waals surface area contributed by atoms with Gasteiger partial charge in [-0.25, -0.2) is 9.99 Å². The van der Waals surface area contributed by atoms with Crippen molar-refractivity contribution in [2.75, 3.05) is 11.6 Å². The Morgan fingerprint density at radius 1 is 1.39 bits per heavy atom. The standard InChI is InChI=1S/C11H17N5.C2H6/c1-5-14-11(9(2)3)16(12-4)10-8-13-6-7-15-10;1-2/h6-9H,4-5H2,1-3H3;1-2H3. The Bertz CT molecular complexity index is 359. The van der Waals surface area contributed by atoms with E-state index in [9.17, 15) is 0 Å². The largest absolute Gasteiger partial charge is 0.270 e. The fourth-order valence-corrected chi connectivity index (χ4v) is 1.32. The molecule has 0 bridgehead atoms. The minimum Gasteiger partial charge on any atom is -0.270 e. The number of aromatic nitrogens is 2. The highest BCUT2D eigenvalue weighted by molar-refractivity contribution is 5.98. The summed E-state index contributed by atoms with van der Waals surface area (Å²) in [6.45, 7) is 14.4. The number of amidine groups is 1. The van der Waals surface area contributed by atoms with Crippen LogP contribution in [0.25, 0.3) is 0 Å². The molecule has 1 rings (SSSR count). The average Bonchev–Trinajstić information content (AvgIpc) is 2.42. The maximum Gasteiger partial charge on any atom is 0.173 e. The highest BCUT2D eigenvalue weighted by atomic mass is 15.5. The van der Waals surface area contributed by atoms with Gasteiger partial charge in [0.05, 0.1) is 6.20 Å². The zero-order valence-electron chi connectivity index (χ0n) is 12.0. The summed E-state index contributed by atoms with van der Waals surface area (Å²) in [6, 6.07) is 0. The SMILES string of the molecule is C=NN(C(=NCC)C(C)C)c1cnccn1.CC. The van der Waals surface area contributed by atoms with Crippen molar-refractivity contribution in [3.63, 3.8) is 0 Å². The Labute approximate surface area is 110 Å². The monoisotopic (exact) mass is 249 g/mol. The molecule has 100 valence electrons. The van der Waals surface area contributed by atoms with Gasteiger partial charge in [0, 0.05) is 31.6 Å². The molecule has 0 aliphatic carbocycles. The summed E-state index contributed by atoms with van der Waals surface area (Å²) in [4.78, 5) is 12.6. The summed E-state index contributed by atoms with van der Waals surface area (Å²) in [6.07, 6.45) is 4.89. The molecule has 0 fully saturated rings. The van der Waals surface area contributed by atoms with Crippen LogP contribution in [0.4, 0.5) is 5.82 Å². The minimum atomic E-state index is 0.257. The zero-order valence-corrected chi connectivity index (χ0v) is 12.0. The molecule has 0 unspecified atom stereocenters. The van der Waals surface area contributed by atoms with Crippen LogP contribution in [-0.2, 0) is 0 Å². The molecule has 0 N–H and O–H groups in total. The minimum absolute atomic E-state index is 0.257. The third-order valence-corrected chi connectivity index (χ3v) is 1.96. The Balaban J connectivity index is 0.00000137. The molecule has 0 spiro atoms. The van der Waals surface area contributed by atoms with E-state index in [-0.39, 0.29) is 5.92 Å². The van der Waals surface area contributed by atoms with Gasteiger partial charge in [-0.05, 0) is 6.92 Å². The zero-order chi connectivity index (χ0) is 14.0. The van der Waals surface area contributed by atoms with Gasteiger partial charge in [0.15, 0.2) is 5.82 Å². The highest BCUT2D eigenvalue weighted by Crippen LogP contribution is 2.13. The predicted molar refractivity (Wildman–Crippen MR) is 78.2 cm³/mol. The molecule has 0 amide bonds. The molecule has 5 nitrogen and oxygen atoms in total. The second kappa shape index (κ2) is 9.27. The lowest BCUT2D eigenvalue weighted by Gasteiger charge is -2.21. The van der Waals surface area contributed by atoms with Crippen LogP contribution < -0.4 is 5.01 Å².